The average molecular weight is 645 g/mol. The number of sulfonamides is 1. The van der Waals surface area contributed by atoms with Crippen LogP contribution in [0.5, 0.6) is 5.75 Å². The van der Waals surface area contributed by atoms with Crippen molar-refractivity contribution in [2.45, 2.75) is 37.2 Å². The lowest BCUT2D eigenvalue weighted by Gasteiger charge is -2.34. The third-order valence-electron chi connectivity index (χ3n) is 7.27. The van der Waals surface area contributed by atoms with E-state index in [1.807, 2.05) is 37.3 Å². The van der Waals surface area contributed by atoms with Crippen molar-refractivity contribution in [3.05, 3.63) is 130 Å². The minimum Gasteiger partial charge on any atom is -0.497 e. The number of nitrogens with zero attached hydrogens (tertiary/aromatic N) is 3. The quantitative estimate of drug-likeness (QED) is 0.143. The SMILES string of the molecule is CCCNC(=O)C(Cc1ccccc1)N(Cc1cccc(OC)c1)C(=O)CN(c1ccc([N+](=O)[O-])cc1)S(=O)(=O)c1ccccc1. The second-order valence-corrected chi connectivity index (χ2v) is 12.3. The topological polar surface area (TPSA) is 139 Å². The Kier molecular flexibility index (Phi) is 11.5. The van der Waals surface area contributed by atoms with Gasteiger partial charge in [-0.1, -0.05) is 67.6 Å². The molecule has 0 fully saturated rings. The third-order valence-corrected chi connectivity index (χ3v) is 9.05. The predicted molar refractivity (Wildman–Crippen MR) is 175 cm³/mol. The largest absolute Gasteiger partial charge is 0.497 e. The summed E-state index contributed by atoms with van der Waals surface area (Å²) in [5.74, 6) is -0.470. The van der Waals surface area contributed by atoms with E-state index in [-0.39, 0.29) is 35.1 Å². The number of carbonyl (C=O) groups is 2. The number of hydrogen-bond donors (Lipinski definition) is 1. The molecule has 0 radical (unpaired) electrons. The van der Waals surface area contributed by atoms with Crippen LogP contribution in [0.4, 0.5) is 11.4 Å². The number of methoxy groups -OCH3 is 1. The number of rotatable bonds is 15. The Morgan fingerprint density at radius 2 is 1.52 bits per heavy atom. The zero-order chi connectivity index (χ0) is 33.1. The first-order valence-corrected chi connectivity index (χ1v) is 16.1. The van der Waals surface area contributed by atoms with Crippen molar-refractivity contribution in [3.8, 4) is 5.75 Å². The summed E-state index contributed by atoms with van der Waals surface area (Å²) in [4.78, 5) is 40.2. The fourth-order valence-corrected chi connectivity index (χ4v) is 6.31. The Hall–Kier alpha value is -5.23. The molecule has 46 heavy (non-hydrogen) atoms. The Bertz CT molecular complexity index is 1730. The fourth-order valence-electron chi connectivity index (χ4n) is 4.88. The van der Waals surface area contributed by atoms with Crippen molar-refractivity contribution >= 4 is 33.2 Å². The molecule has 1 N–H and O–H groups in total. The minimum atomic E-state index is -4.32. The summed E-state index contributed by atoms with van der Waals surface area (Å²) >= 11 is 0. The zero-order valence-electron chi connectivity index (χ0n) is 25.6. The molecule has 0 aromatic heterocycles. The number of hydrogen-bond acceptors (Lipinski definition) is 7. The van der Waals surface area contributed by atoms with E-state index in [4.69, 9.17) is 4.74 Å². The summed E-state index contributed by atoms with van der Waals surface area (Å²) in [5.41, 5.74) is 1.30. The van der Waals surface area contributed by atoms with E-state index in [0.29, 0.717) is 24.3 Å². The van der Waals surface area contributed by atoms with Crippen molar-refractivity contribution in [1.29, 1.82) is 0 Å². The lowest BCUT2D eigenvalue weighted by molar-refractivity contribution is -0.384. The van der Waals surface area contributed by atoms with E-state index in [1.54, 1.807) is 42.5 Å². The van der Waals surface area contributed by atoms with Gasteiger partial charge in [0.15, 0.2) is 0 Å². The van der Waals surface area contributed by atoms with Crippen LogP contribution in [0.25, 0.3) is 0 Å². The summed E-state index contributed by atoms with van der Waals surface area (Å²) in [6.07, 6.45) is 0.853. The van der Waals surface area contributed by atoms with Gasteiger partial charge in [-0.05, 0) is 53.9 Å². The van der Waals surface area contributed by atoms with Crippen molar-refractivity contribution in [2.75, 3.05) is 24.5 Å². The molecule has 0 saturated carbocycles. The second-order valence-electron chi connectivity index (χ2n) is 10.5. The van der Waals surface area contributed by atoms with Crippen LogP contribution < -0.4 is 14.4 Å². The van der Waals surface area contributed by atoms with Gasteiger partial charge in [0.1, 0.15) is 18.3 Å². The minimum absolute atomic E-state index is 0.0213. The summed E-state index contributed by atoms with van der Waals surface area (Å²) in [6, 6.07) is 27.8. The summed E-state index contributed by atoms with van der Waals surface area (Å²) in [6.45, 7) is 1.61. The molecule has 0 saturated heterocycles. The first-order valence-electron chi connectivity index (χ1n) is 14.7. The van der Waals surface area contributed by atoms with E-state index >= 15 is 0 Å². The molecular weight excluding hydrogens is 608 g/mol. The summed E-state index contributed by atoms with van der Waals surface area (Å²) in [7, 11) is -2.80. The fraction of sp³-hybridized carbons (Fsp3) is 0.235. The molecule has 0 heterocycles. The predicted octanol–water partition coefficient (Wildman–Crippen LogP) is 4.97. The highest BCUT2D eigenvalue weighted by Crippen LogP contribution is 2.27. The highest BCUT2D eigenvalue weighted by atomic mass is 32.2. The van der Waals surface area contributed by atoms with Crippen molar-refractivity contribution < 1.29 is 27.7 Å². The van der Waals surface area contributed by atoms with Crippen LogP contribution in [0.1, 0.15) is 24.5 Å². The van der Waals surface area contributed by atoms with Gasteiger partial charge in [-0.25, -0.2) is 8.42 Å². The number of nitro benzene ring substituents is 1. The molecule has 4 rings (SSSR count). The van der Waals surface area contributed by atoms with Crippen LogP contribution in [0.3, 0.4) is 0 Å². The normalized spacial score (nSPS) is 11.7. The van der Waals surface area contributed by atoms with Crippen LogP contribution in [0.2, 0.25) is 0 Å². The molecule has 4 aromatic carbocycles. The Morgan fingerprint density at radius 3 is 2.13 bits per heavy atom. The number of nitro groups is 1. The van der Waals surface area contributed by atoms with Gasteiger partial charge < -0.3 is 15.0 Å². The number of anilines is 1. The molecular formula is C34H36N4O7S. The maximum absolute atomic E-state index is 14.4. The first-order chi connectivity index (χ1) is 22.1. The summed E-state index contributed by atoms with van der Waals surface area (Å²) in [5, 5.41) is 14.2. The lowest BCUT2D eigenvalue weighted by Crippen LogP contribution is -2.53. The molecule has 0 aliphatic rings. The smallest absolute Gasteiger partial charge is 0.269 e. The van der Waals surface area contributed by atoms with Crippen LogP contribution in [-0.4, -0.2) is 56.3 Å². The van der Waals surface area contributed by atoms with E-state index in [9.17, 15) is 28.1 Å². The van der Waals surface area contributed by atoms with Crippen molar-refractivity contribution in [2.24, 2.45) is 0 Å². The monoisotopic (exact) mass is 644 g/mol. The van der Waals surface area contributed by atoms with E-state index < -0.39 is 33.4 Å². The van der Waals surface area contributed by atoms with Crippen molar-refractivity contribution in [3.63, 3.8) is 0 Å². The average Bonchev–Trinajstić information content (AvgIpc) is 3.08. The molecule has 1 unspecified atom stereocenters. The number of carbonyl (C=O) groups excluding carboxylic acids is 2. The lowest BCUT2D eigenvalue weighted by atomic mass is 10.0. The first kappa shape index (κ1) is 33.7. The Morgan fingerprint density at radius 1 is 0.891 bits per heavy atom. The maximum Gasteiger partial charge on any atom is 0.269 e. The Balaban J connectivity index is 1.81. The standard InChI is InChI=1S/C34H36N4O7S/c1-3-21-35-34(40)32(23-26-11-6-4-7-12-26)36(24-27-13-10-14-30(22-27)45-2)33(39)25-37(28-17-19-29(20-18-28)38(41)42)46(43,44)31-15-8-5-9-16-31/h4-20,22,32H,3,21,23-25H2,1-2H3,(H,35,40). The van der Waals surface area contributed by atoms with Gasteiger partial charge in [0, 0.05) is 31.6 Å². The molecule has 4 aromatic rings. The molecule has 0 bridgehead atoms. The van der Waals surface area contributed by atoms with Gasteiger partial charge in [0.2, 0.25) is 11.8 Å². The number of nitrogens with one attached hydrogen (secondary N) is 1. The molecule has 0 aliphatic carbocycles. The van der Waals surface area contributed by atoms with Gasteiger partial charge in [-0.2, -0.15) is 0 Å². The summed E-state index contributed by atoms with van der Waals surface area (Å²) < 4.78 is 34.3. The number of benzene rings is 4. The highest BCUT2D eigenvalue weighted by Gasteiger charge is 2.34. The van der Waals surface area contributed by atoms with E-state index in [1.165, 1.54) is 48.4 Å². The van der Waals surface area contributed by atoms with E-state index in [2.05, 4.69) is 5.32 Å². The van der Waals surface area contributed by atoms with Gasteiger partial charge >= 0.3 is 0 Å². The molecule has 0 spiro atoms. The molecule has 240 valence electrons. The number of non-ortho nitro benzene ring substituents is 1. The number of amides is 2. The zero-order valence-corrected chi connectivity index (χ0v) is 26.4. The molecule has 2 amide bonds. The van der Waals surface area contributed by atoms with Crippen LogP contribution in [0, 0.1) is 10.1 Å². The van der Waals surface area contributed by atoms with Gasteiger partial charge in [0.25, 0.3) is 15.7 Å². The highest BCUT2D eigenvalue weighted by molar-refractivity contribution is 7.92. The molecule has 0 aliphatic heterocycles. The van der Waals surface area contributed by atoms with Crippen LogP contribution in [0.15, 0.2) is 114 Å². The third kappa shape index (κ3) is 8.48. The maximum atomic E-state index is 14.4. The second kappa shape index (κ2) is 15.7. The van der Waals surface area contributed by atoms with Crippen molar-refractivity contribution in [1.82, 2.24) is 10.2 Å². The molecule has 12 heteroatoms. The van der Waals surface area contributed by atoms with Crippen LogP contribution >= 0.6 is 0 Å². The van der Waals surface area contributed by atoms with Crippen LogP contribution in [-0.2, 0) is 32.6 Å². The molecule has 1 atom stereocenters. The molecule has 11 nitrogen and oxygen atoms in total. The van der Waals surface area contributed by atoms with Gasteiger partial charge in [-0.3, -0.25) is 24.0 Å². The van der Waals surface area contributed by atoms with Gasteiger partial charge in [0.05, 0.1) is 22.6 Å². The number of ether oxygens (including phenoxy) is 1. The van der Waals surface area contributed by atoms with Gasteiger partial charge in [-0.15, -0.1) is 0 Å². The Labute approximate surface area is 268 Å². The van der Waals surface area contributed by atoms with E-state index in [0.717, 1.165) is 9.87 Å².